The van der Waals surface area contributed by atoms with Gasteiger partial charge in [-0.25, -0.2) is 13.3 Å². The molecule has 0 aliphatic heterocycles. The molecule has 0 saturated carbocycles. The van der Waals surface area contributed by atoms with Gasteiger partial charge in [0, 0.05) is 19.2 Å². The second-order valence-corrected chi connectivity index (χ2v) is 9.79. The number of carboxylic acids is 2. The Morgan fingerprint density at radius 2 is 1.61 bits per heavy atom. The summed E-state index contributed by atoms with van der Waals surface area (Å²) in [5, 5.41) is 21.5. The van der Waals surface area contributed by atoms with Gasteiger partial charge in [0.25, 0.3) is 5.91 Å². The largest absolute Gasteiger partial charge is 0.480 e. The lowest BCUT2D eigenvalue weighted by Crippen LogP contribution is -2.42. The highest BCUT2D eigenvalue weighted by molar-refractivity contribution is 7.81. The molecule has 0 bridgehead atoms. The minimum atomic E-state index is -1.47. The average molecular weight is 529 g/mol. The first kappa shape index (κ1) is 27.1. The third-order valence-electron chi connectivity index (χ3n) is 5.47. The van der Waals surface area contributed by atoms with Crippen molar-refractivity contribution in [3.63, 3.8) is 0 Å². The van der Waals surface area contributed by atoms with Gasteiger partial charge in [0.05, 0.1) is 21.6 Å². The van der Waals surface area contributed by atoms with Gasteiger partial charge in [0.15, 0.2) is 0 Å². The molecule has 2 unspecified atom stereocenters. The van der Waals surface area contributed by atoms with Gasteiger partial charge in [0.2, 0.25) is 0 Å². The third-order valence-corrected chi connectivity index (χ3v) is 6.78. The topological polar surface area (TPSA) is 124 Å². The molecule has 0 aliphatic carbocycles. The lowest BCUT2D eigenvalue weighted by molar-refractivity contribution is -0.139. The summed E-state index contributed by atoms with van der Waals surface area (Å²) in [5.74, 6) is -2.81. The zero-order chi connectivity index (χ0) is 26.2. The molecule has 0 aromatic heterocycles. The number of nitrogens with zero attached hydrogens (tertiary/aromatic N) is 1. The van der Waals surface area contributed by atoms with Gasteiger partial charge in [0.1, 0.15) is 12.6 Å². The van der Waals surface area contributed by atoms with Gasteiger partial charge in [-0.1, -0.05) is 72.3 Å². The van der Waals surface area contributed by atoms with Crippen molar-refractivity contribution in [1.29, 1.82) is 0 Å². The lowest BCUT2D eigenvalue weighted by Gasteiger charge is -2.19. The van der Waals surface area contributed by atoms with Gasteiger partial charge in [-0.15, -0.1) is 0 Å². The summed E-state index contributed by atoms with van der Waals surface area (Å²) in [6.07, 6.45) is 1.50. The molecule has 0 fully saturated rings. The summed E-state index contributed by atoms with van der Waals surface area (Å²) in [4.78, 5) is 35.5. The first-order valence-electron chi connectivity index (χ1n) is 10.9. The number of hydrogen-bond donors (Lipinski definition) is 3. The molecule has 3 rings (SSSR count). The van der Waals surface area contributed by atoms with Crippen LogP contribution >= 0.6 is 11.6 Å². The molecular formula is C26H25ClN2O6S. The van der Waals surface area contributed by atoms with E-state index in [1.165, 1.54) is 16.6 Å². The van der Waals surface area contributed by atoms with E-state index in [2.05, 4.69) is 5.32 Å². The third kappa shape index (κ3) is 7.24. The SMILES string of the molecule is CS(=O)N(CC(=O)O)Cc1ccccc1-c1ccc(CC(NC(=O)c2ccccc2Cl)C(=O)O)cc1. The molecule has 0 radical (unpaired) electrons. The minimum Gasteiger partial charge on any atom is -0.480 e. The van der Waals surface area contributed by atoms with Crippen molar-refractivity contribution in [2.45, 2.75) is 19.0 Å². The van der Waals surface area contributed by atoms with E-state index in [1.807, 2.05) is 36.4 Å². The molecule has 188 valence electrons. The highest BCUT2D eigenvalue weighted by Gasteiger charge is 2.22. The number of carbonyl (C=O) groups is 3. The maximum absolute atomic E-state index is 12.5. The number of amides is 1. The van der Waals surface area contributed by atoms with Crippen LogP contribution in [0.15, 0.2) is 72.8 Å². The van der Waals surface area contributed by atoms with Crippen molar-refractivity contribution in [2.75, 3.05) is 12.8 Å². The fourth-order valence-corrected chi connectivity index (χ4v) is 4.49. The number of nitrogens with one attached hydrogen (secondary N) is 1. The predicted octanol–water partition coefficient (Wildman–Crippen LogP) is 3.61. The van der Waals surface area contributed by atoms with E-state index in [0.717, 1.165) is 16.7 Å². The fourth-order valence-electron chi connectivity index (χ4n) is 3.66. The summed E-state index contributed by atoms with van der Waals surface area (Å²) in [6.45, 7) is -0.171. The Kier molecular flexibility index (Phi) is 9.35. The smallest absolute Gasteiger partial charge is 0.326 e. The average Bonchev–Trinajstić information content (AvgIpc) is 2.84. The highest BCUT2D eigenvalue weighted by Crippen LogP contribution is 2.26. The van der Waals surface area contributed by atoms with E-state index >= 15 is 0 Å². The maximum Gasteiger partial charge on any atom is 0.326 e. The Balaban J connectivity index is 1.77. The number of halogens is 1. The first-order chi connectivity index (χ1) is 17.2. The Hall–Kier alpha value is -3.53. The van der Waals surface area contributed by atoms with E-state index in [1.54, 1.807) is 30.3 Å². The molecule has 0 spiro atoms. The number of carbonyl (C=O) groups excluding carboxylic acids is 1. The van der Waals surface area contributed by atoms with Gasteiger partial charge in [-0.2, -0.15) is 0 Å². The molecule has 8 nitrogen and oxygen atoms in total. The van der Waals surface area contributed by atoms with Crippen LogP contribution in [-0.2, 0) is 33.5 Å². The number of benzene rings is 3. The van der Waals surface area contributed by atoms with Crippen LogP contribution in [0, 0.1) is 0 Å². The second-order valence-electron chi connectivity index (χ2n) is 8.02. The first-order valence-corrected chi connectivity index (χ1v) is 12.8. The monoisotopic (exact) mass is 528 g/mol. The van der Waals surface area contributed by atoms with Gasteiger partial charge < -0.3 is 15.5 Å². The summed E-state index contributed by atoms with van der Waals surface area (Å²) in [5.41, 5.74) is 3.37. The molecule has 3 aromatic rings. The van der Waals surface area contributed by atoms with Crippen LogP contribution in [0.4, 0.5) is 0 Å². The van der Waals surface area contributed by atoms with Crippen LogP contribution in [0.5, 0.6) is 0 Å². The van der Waals surface area contributed by atoms with Gasteiger partial charge in [-0.05, 0) is 34.4 Å². The van der Waals surface area contributed by atoms with Crippen molar-refractivity contribution < 1.29 is 28.8 Å². The number of aliphatic carboxylic acids is 2. The van der Waals surface area contributed by atoms with Crippen LogP contribution in [0.1, 0.15) is 21.5 Å². The molecule has 0 aliphatic rings. The van der Waals surface area contributed by atoms with Crippen molar-refractivity contribution in [2.24, 2.45) is 0 Å². The Morgan fingerprint density at radius 1 is 0.972 bits per heavy atom. The van der Waals surface area contributed by atoms with E-state index in [0.29, 0.717) is 5.56 Å². The summed E-state index contributed by atoms with van der Waals surface area (Å²) in [6, 6.07) is 19.8. The molecule has 3 aromatic carbocycles. The molecule has 0 heterocycles. The van der Waals surface area contributed by atoms with Crippen molar-refractivity contribution in [3.8, 4) is 11.1 Å². The zero-order valence-electron chi connectivity index (χ0n) is 19.4. The number of hydrogen-bond acceptors (Lipinski definition) is 4. The Bertz CT molecular complexity index is 1280. The minimum absolute atomic E-state index is 0.0641. The van der Waals surface area contributed by atoms with Crippen LogP contribution < -0.4 is 5.32 Å². The molecule has 10 heteroatoms. The summed E-state index contributed by atoms with van der Waals surface area (Å²) >= 11 is 6.05. The van der Waals surface area contributed by atoms with Gasteiger partial charge in [-0.3, -0.25) is 9.59 Å². The molecule has 2 atom stereocenters. The van der Waals surface area contributed by atoms with Crippen LogP contribution in [0.3, 0.4) is 0 Å². The predicted molar refractivity (Wildman–Crippen MR) is 138 cm³/mol. The summed E-state index contributed by atoms with van der Waals surface area (Å²) in [7, 11) is -1.47. The van der Waals surface area contributed by atoms with E-state index in [-0.39, 0.29) is 30.1 Å². The van der Waals surface area contributed by atoms with Crippen molar-refractivity contribution in [3.05, 3.63) is 94.5 Å². The molecular weight excluding hydrogens is 504 g/mol. The quantitative estimate of drug-likeness (QED) is 0.349. The van der Waals surface area contributed by atoms with E-state index in [4.69, 9.17) is 16.7 Å². The summed E-state index contributed by atoms with van der Waals surface area (Å²) < 4.78 is 13.4. The van der Waals surface area contributed by atoms with Crippen LogP contribution in [0.25, 0.3) is 11.1 Å². The molecule has 36 heavy (non-hydrogen) atoms. The fraction of sp³-hybridized carbons (Fsp3) is 0.192. The molecule has 0 saturated heterocycles. The normalized spacial score (nSPS) is 12.6. The highest BCUT2D eigenvalue weighted by atomic mass is 35.5. The van der Waals surface area contributed by atoms with Crippen molar-refractivity contribution in [1.82, 2.24) is 9.62 Å². The Morgan fingerprint density at radius 3 is 2.22 bits per heavy atom. The number of carboxylic acid groups (broad SMARTS) is 2. The van der Waals surface area contributed by atoms with Crippen LogP contribution in [-0.4, -0.2) is 55.4 Å². The lowest BCUT2D eigenvalue weighted by atomic mass is 9.97. The molecule has 1 amide bonds. The maximum atomic E-state index is 12.5. The molecule has 3 N–H and O–H groups in total. The second kappa shape index (κ2) is 12.4. The van der Waals surface area contributed by atoms with E-state index in [9.17, 15) is 23.7 Å². The number of rotatable bonds is 11. The van der Waals surface area contributed by atoms with Gasteiger partial charge >= 0.3 is 11.9 Å². The van der Waals surface area contributed by atoms with Crippen molar-refractivity contribution >= 4 is 40.4 Å². The standard InChI is InChI=1S/C26H25ClN2O6S/c1-36(35)29(16-24(30)31)15-19-6-2-3-7-20(19)18-12-10-17(11-13-18)14-23(26(33)34)28-25(32)21-8-4-5-9-22(21)27/h2-13,23H,14-16H2,1H3,(H,28,32)(H,30,31)(H,33,34). The van der Waals surface area contributed by atoms with E-state index < -0.39 is 34.9 Å². The zero-order valence-corrected chi connectivity index (χ0v) is 21.0. The van der Waals surface area contributed by atoms with Crippen LogP contribution in [0.2, 0.25) is 5.02 Å². The Labute approximate surface area is 216 Å².